The Balaban J connectivity index is 1.77. The molecule has 21 heavy (non-hydrogen) atoms. The lowest BCUT2D eigenvalue weighted by Crippen LogP contribution is -2.23. The Hall–Kier alpha value is -2.36. The minimum Gasteiger partial charge on any atom is -0.497 e. The molecule has 0 saturated carbocycles. The predicted molar refractivity (Wildman–Crippen MR) is 77.6 cm³/mol. The number of hydrogen-bond donors (Lipinski definition) is 0. The maximum Gasteiger partial charge on any atom is 0.138 e. The molecule has 2 aliphatic heterocycles. The van der Waals surface area contributed by atoms with E-state index in [0.717, 1.165) is 28.6 Å². The Morgan fingerprint density at radius 3 is 2.48 bits per heavy atom. The lowest BCUT2D eigenvalue weighted by Gasteiger charge is -2.28. The first-order valence-electron chi connectivity index (χ1n) is 6.95. The van der Waals surface area contributed by atoms with Crippen molar-refractivity contribution in [2.75, 3.05) is 20.8 Å². The van der Waals surface area contributed by atoms with Gasteiger partial charge in [0.15, 0.2) is 0 Å². The van der Waals surface area contributed by atoms with E-state index >= 15 is 0 Å². The summed E-state index contributed by atoms with van der Waals surface area (Å²) in [5, 5.41) is 0. The molecule has 2 aliphatic rings. The maximum absolute atomic E-state index is 6.16. The second-order valence-corrected chi connectivity index (χ2v) is 5.26. The lowest BCUT2D eigenvalue weighted by atomic mass is 9.89. The molecular formula is C17H16O4. The van der Waals surface area contributed by atoms with E-state index in [4.69, 9.17) is 18.9 Å². The summed E-state index contributed by atoms with van der Waals surface area (Å²) in [6.45, 7) is 0.628. The Morgan fingerprint density at radius 2 is 1.67 bits per heavy atom. The molecule has 0 saturated heterocycles. The van der Waals surface area contributed by atoms with Crippen molar-refractivity contribution in [3.63, 3.8) is 0 Å². The van der Waals surface area contributed by atoms with Gasteiger partial charge in [-0.05, 0) is 24.3 Å². The number of benzene rings is 2. The molecule has 0 radical (unpaired) electrons. The van der Waals surface area contributed by atoms with Crippen LogP contribution in [0.2, 0.25) is 0 Å². The van der Waals surface area contributed by atoms with E-state index in [9.17, 15) is 0 Å². The third-order valence-corrected chi connectivity index (χ3v) is 4.18. The van der Waals surface area contributed by atoms with Crippen LogP contribution in [0.5, 0.6) is 23.0 Å². The average Bonchev–Trinajstić information content (AvgIpc) is 2.92. The average molecular weight is 284 g/mol. The molecule has 0 aromatic heterocycles. The van der Waals surface area contributed by atoms with Crippen molar-refractivity contribution in [3.8, 4) is 23.0 Å². The minimum absolute atomic E-state index is 0.0223. The van der Waals surface area contributed by atoms with Crippen LogP contribution in [-0.4, -0.2) is 20.8 Å². The number of methoxy groups -OCH3 is 2. The van der Waals surface area contributed by atoms with Crippen LogP contribution in [0.15, 0.2) is 36.4 Å². The largest absolute Gasteiger partial charge is 0.497 e. The third kappa shape index (κ3) is 1.82. The summed E-state index contributed by atoms with van der Waals surface area (Å²) in [5.74, 6) is 3.58. The third-order valence-electron chi connectivity index (χ3n) is 4.18. The van der Waals surface area contributed by atoms with E-state index in [2.05, 4.69) is 6.07 Å². The molecule has 2 atom stereocenters. The van der Waals surface area contributed by atoms with E-state index in [1.54, 1.807) is 14.2 Å². The summed E-state index contributed by atoms with van der Waals surface area (Å²) >= 11 is 0. The Morgan fingerprint density at radius 1 is 0.905 bits per heavy atom. The molecular weight excluding hydrogens is 268 g/mol. The normalized spacial score (nSPS) is 21.4. The molecule has 2 unspecified atom stereocenters. The van der Waals surface area contributed by atoms with Crippen LogP contribution in [0.1, 0.15) is 23.1 Å². The van der Waals surface area contributed by atoms with Gasteiger partial charge < -0.3 is 18.9 Å². The van der Waals surface area contributed by atoms with Gasteiger partial charge in [0.2, 0.25) is 0 Å². The molecule has 0 spiro atoms. The quantitative estimate of drug-likeness (QED) is 0.847. The van der Waals surface area contributed by atoms with E-state index in [1.165, 1.54) is 5.56 Å². The molecule has 4 heteroatoms. The number of hydrogen-bond acceptors (Lipinski definition) is 4. The van der Waals surface area contributed by atoms with Crippen molar-refractivity contribution in [1.82, 2.24) is 0 Å². The zero-order valence-corrected chi connectivity index (χ0v) is 12.0. The van der Waals surface area contributed by atoms with Crippen molar-refractivity contribution in [2.24, 2.45) is 0 Å². The second-order valence-electron chi connectivity index (χ2n) is 5.26. The molecule has 2 heterocycles. The van der Waals surface area contributed by atoms with E-state index in [0.29, 0.717) is 6.61 Å². The van der Waals surface area contributed by atoms with Crippen molar-refractivity contribution < 1.29 is 18.9 Å². The summed E-state index contributed by atoms with van der Waals surface area (Å²) in [5.41, 5.74) is 2.22. The lowest BCUT2D eigenvalue weighted by molar-refractivity contribution is 0.139. The van der Waals surface area contributed by atoms with Crippen LogP contribution < -0.4 is 18.9 Å². The summed E-state index contributed by atoms with van der Waals surface area (Å²) < 4.78 is 22.6. The fourth-order valence-electron chi connectivity index (χ4n) is 3.08. The van der Waals surface area contributed by atoms with Crippen molar-refractivity contribution in [1.29, 1.82) is 0 Å². The Bertz CT molecular complexity index is 695. The smallest absolute Gasteiger partial charge is 0.138 e. The summed E-state index contributed by atoms with van der Waals surface area (Å²) in [6, 6.07) is 11.8. The molecule has 0 amide bonds. The van der Waals surface area contributed by atoms with Crippen LogP contribution in [0.4, 0.5) is 0 Å². The highest BCUT2D eigenvalue weighted by molar-refractivity contribution is 5.52. The van der Waals surface area contributed by atoms with Gasteiger partial charge in [-0.3, -0.25) is 0 Å². The highest BCUT2D eigenvalue weighted by Crippen LogP contribution is 2.52. The monoisotopic (exact) mass is 284 g/mol. The molecule has 4 rings (SSSR count). The van der Waals surface area contributed by atoms with E-state index < -0.39 is 0 Å². The molecule has 2 aromatic rings. The second kappa shape index (κ2) is 4.58. The van der Waals surface area contributed by atoms with Crippen molar-refractivity contribution >= 4 is 0 Å². The van der Waals surface area contributed by atoms with Crippen LogP contribution in [0.25, 0.3) is 0 Å². The summed E-state index contributed by atoms with van der Waals surface area (Å²) in [7, 11) is 3.32. The standard InChI is InChI=1S/C17H16O4/c1-18-10-4-6-15-13(7-10)17-14(9-20-15)12-5-3-11(19-2)8-16(12)21-17/h3-8,14,17H,9H2,1-2H3. The van der Waals surface area contributed by atoms with Crippen LogP contribution >= 0.6 is 0 Å². The van der Waals surface area contributed by atoms with Gasteiger partial charge in [0.1, 0.15) is 29.1 Å². The highest BCUT2D eigenvalue weighted by atomic mass is 16.5. The molecule has 0 fully saturated rings. The summed E-state index contributed by atoms with van der Waals surface area (Å²) in [4.78, 5) is 0. The fourth-order valence-corrected chi connectivity index (χ4v) is 3.08. The van der Waals surface area contributed by atoms with Gasteiger partial charge in [-0.25, -0.2) is 0 Å². The van der Waals surface area contributed by atoms with Crippen LogP contribution in [0.3, 0.4) is 0 Å². The first kappa shape index (κ1) is 12.4. The molecule has 108 valence electrons. The highest BCUT2D eigenvalue weighted by Gasteiger charge is 2.41. The number of rotatable bonds is 2. The Kier molecular flexibility index (Phi) is 2.70. The van der Waals surface area contributed by atoms with Gasteiger partial charge >= 0.3 is 0 Å². The van der Waals surface area contributed by atoms with Gasteiger partial charge in [-0.15, -0.1) is 0 Å². The molecule has 4 nitrogen and oxygen atoms in total. The van der Waals surface area contributed by atoms with Gasteiger partial charge in [0.25, 0.3) is 0 Å². The summed E-state index contributed by atoms with van der Waals surface area (Å²) in [6.07, 6.45) is -0.0223. The van der Waals surface area contributed by atoms with Gasteiger partial charge in [-0.2, -0.15) is 0 Å². The predicted octanol–water partition coefficient (Wildman–Crippen LogP) is 3.31. The van der Waals surface area contributed by atoms with Crippen LogP contribution in [-0.2, 0) is 0 Å². The first-order valence-corrected chi connectivity index (χ1v) is 6.95. The Labute approximate surface area is 123 Å². The number of fused-ring (bicyclic) bond motifs is 5. The first-order chi connectivity index (χ1) is 10.3. The zero-order valence-electron chi connectivity index (χ0n) is 12.0. The topological polar surface area (TPSA) is 36.9 Å². The fraction of sp³-hybridized carbons (Fsp3) is 0.294. The van der Waals surface area contributed by atoms with Gasteiger partial charge in [-0.1, -0.05) is 6.07 Å². The number of ether oxygens (including phenoxy) is 4. The molecule has 2 aromatic carbocycles. The molecule has 0 aliphatic carbocycles. The molecule has 0 N–H and O–H groups in total. The van der Waals surface area contributed by atoms with E-state index in [-0.39, 0.29) is 12.0 Å². The van der Waals surface area contributed by atoms with Gasteiger partial charge in [0, 0.05) is 17.2 Å². The maximum atomic E-state index is 6.16. The zero-order chi connectivity index (χ0) is 14.4. The van der Waals surface area contributed by atoms with Crippen molar-refractivity contribution in [2.45, 2.75) is 12.0 Å². The van der Waals surface area contributed by atoms with Crippen LogP contribution in [0, 0.1) is 0 Å². The SMILES string of the molecule is COc1ccc2c(c1)OC1c3cc(OC)ccc3OCC21. The molecule has 0 bridgehead atoms. The van der Waals surface area contributed by atoms with Gasteiger partial charge in [0.05, 0.1) is 26.7 Å². The van der Waals surface area contributed by atoms with Crippen molar-refractivity contribution in [3.05, 3.63) is 47.5 Å². The van der Waals surface area contributed by atoms with E-state index in [1.807, 2.05) is 30.3 Å². The minimum atomic E-state index is -0.0223.